The van der Waals surface area contributed by atoms with Crippen molar-refractivity contribution in [1.82, 2.24) is 5.32 Å². The standard InChI is InChI=1S/C16H30N2O4/c1-4-22-16(20)13-9-17-14-6-5-11(21-3)7-12(14)15(13)18-8-10(2)19/h10-15,17-19H,4-9H2,1-3H3/p+1. The smallest absolute Gasteiger partial charge is 0.316 e. The Balaban J connectivity index is 2.11. The Bertz CT molecular complexity index is 364. The number of esters is 1. The van der Waals surface area contributed by atoms with Gasteiger partial charge in [-0.1, -0.05) is 0 Å². The molecule has 6 atom stereocenters. The molecule has 0 amide bonds. The molecule has 0 bridgehead atoms. The monoisotopic (exact) mass is 315 g/mol. The Morgan fingerprint density at radius 1 is 1.45 bits per heavy atom. The Morgan fingerprint density at radius 2 is 2.23 bits per heavy atom. The Labute approximate surface area is 132 Å². The second-order valence-electron chi connectivity index (χ2n) is 6.61. The third kappa shape index (κ3) is 4.19. The number of carbonyl (C=O) groups excluding carboxylic acids is 1. The molecule has 1 aliphatic heterocycles. The van der Waals surface area contributed by atoms with Crippen LogP contribution in [0.5, 0.6) is 0 Å². The molecule has 4 N–H and O–H groups in total. The molecule has 2 fully saturated rings. The van der Waals surface area contributed by atoms with E-state index in [1.165, 1.54) is 0 Å². The maximum absolute atomic E-state index is 12.3. The number of nitrogens with two attached hydrogens (primary N) is 1. The van der Waals surface area contributed by atoms with E-state index in [4.69, 9.17) is 9.47 Å². The van der Waals surface area contributed by atoms with Crippen molar-refractivity contribution in [3.63, 3.8) is 0 Å². The quantitative estimate of drug-likeness (QED) is 0.563. The first-order valence-electron chi connectivity index (χ1n) is 8.51. The van der Waals surface area contributed by atoms with Crippen LogP contribution >= 0.6 is 0 Å². The molecule has 128 valence electrons. The van der Waals surface area contributed by atoms with Crippen LogP contribution in [0.25, 0.3) is 0 Å². The molecular weight excluding hydrogens is 284 g/mol. The maximum atomic E-state index is 12.3. The first kappa shape index (κ1) is 17.7. The summed E-state index contributed by atoms with van der Waals surface area (Å²) >= 11 is 0. The Hall–Kier alpha value is -0.690. The highest BCUT2D eigenvalue weighted by molar-refractivity contribution is 5.73. The molecule has 6 heteroatoms. The van der Waals surface area contributed by atoms with Crippen LogP contribution in [0, 0.1) is 11.8 Å². The van der Waals surface area contributed by atoms with Crippen molar-refractivity contribution in [2.45, 2.75) is 57.4 Å². The van der Waals surface area contributed by atoms with E-state index in [1.807, 2.05) is 6.92 Å². The number of carbonyl (C=O) groups is 1. The number of methoxy groups -OCH3 is 1. The first-order chi connectivity index (χ1) is 10.6. The van der Waals surface area contributed by atoms with E-state index in [0.29, 0.717) is 25.1 Å². The highest BCUT2D eigenvalue weighted by Crippen LogP contribution is 2.32. The first-order valence-corrected chi connectivity index (χ1v) is 8.51. The second kappa shape index (κ2) is 8.24. The number of aliphatic hydroxyl groups excluding tert-OH is 1. The number of hydrogen-bond donors (Lipinski definition) is 3. The van der Waals surface area contributed by atoms with Gasteiger partial charge in [0.15, 0.2) is 0 Å². The summed E-state index contributed by atoms with van der Waals surface area (Å²) in [6, 6.07) is 0.588. The number of quaternary nitrogens is 1. The summed E-state index contributed by atoms with van der Waals surface area (Å²) < 4.78 is 10.8. The molecule has 0 aromatic rings. The number of rotatable bonds is 6. The summed E-state index contributed by atoms with van der Waals surface area (Å²) in [7, 11) is 1.76. The van der Waals surface area contributed by atoms with Gasteiger partial charge >= 0.3 is 5.97 Å². The van der Waals surface area contributed by atoms with Crippen LogP contribution in [0.4, 0.5) is 0 Å². The maximum Gasteiger partial charge on any atom is 0.316 e. The molecule has 22 heavy (non-hydrogen) atoms. The van der Waals surface area contributed by atoms with Gasteiger partial charge in [0.05, 0.1) is 31.4 Å². The van der Waals surface area contributed by atoms with Crippen molar-refractivity contribution in [2.75, 3.05) is 26.8 Å². The number of nitrogens with one attached hydrogen (secondary N) is 1. The highest BCUT2D eigenvalue weighted by atomic mass is 16.5. The highest BCUT2D eigenvalue weighted by Gasteiger charge is 2.48. The molecule has 1 aliphatic carbocycles. The van der Waals surface area contributed by atoms with Crippen LogP contribution in [0.3, 0.4) is 0 Å². The largest absolute Gasteiger partial charge is 0.466 e. The molecule has 2 rings (SSSR count). The molecule has 1 heterocycles. The SMILES string of the molecule is CCOC(=O)C1C[NH2+]C2CCC(OC)CC2C1NCC(C)O. The number of ether oxygens (including phenoxy) is 2. The lowest BCUT2D eigenvalue weighted by atomic mass is 9.71. The summed E-state index contributed by atoms with van der Waals surface area (Å²) in [5.74, 6) is 0.0935. The van der Waals surface area contributed by atoms with Crippen LogP contribution in [0.1, 0.15) is 33.1 Å². The summed E-state index contributed by atoms with van der Waals surface area (Å²) in [6.45, 7) is 5.27. The predicted molar refractivity (Wildman–Crippen MR) is 82.3 cm³/mol. The summed E-state index contributed by atoms with van der Waals surface area (Å²) in [5, 5.41) is 15.3. The zero-order valence-electron chi connectivity index (χ0n) is 14.0. The van der Waals surface area contributed by atoms with Gasteiger partial charge in [-0.3, -0.25) is 4.79 Å². The predicted octanol–water partition coefficient (Wildman–Crippen LogP) is -0.735. The van der Waals surface area contributed by atoms with Crippen molar-refractivity contribution in [2.24, 2.45) is 11.8 Å². The van der Waals surface area contributed by atoms with E-state index in [1.54, 1.807) is 14.0 Å². The van der Waals surface area contributed by atoms with Gasteiger partial charge in [-0.2, -0.15) is 0 Å². The average Bonchev–Trinajstić information content (AvgIpc) is 2.51. The molecule has 0 aromatic heterocycles. The lowest BCUT2D eigenvalue weighted by molar-refractivity contribution is -0.713. The van der Waals surface area contributed by atoms with Gasteiger partial charge in [0.2, 0.25) is 0 Å². The van der Waals surface area contributed by atoms with Gasteiger partial charge in [0.1, 0.15) is 5.92 Å². The lowest BCUT2D eigenvalue weighted by Crippen LogP contribution is -2.97. The van der Waals surface area contributed by atoms with E-state index in [9.17, 15) is 9.90 Å². The zero-order chi connectivity index (χ0) is 16.1. The van der Waals surface area contributed by atoms with Gasteiger partial charge < -0.3 is 25.2 Å². The fourth-order valence-electron chi connectivity index (χ4n) is 3.97. The molecule has 1 saturated carbocycles. The summed E-state index contributed by atoms with van der Waals surface area (Å²) in [4.78, 5) is 12.3. The van der Waals surface area contributed by atoms with Crippen molar-refractivity contribution in [3.8, 4) is 0 Å². The minimum Gasteiger partial charge on any atom is -0.466 e. The topological polar surface area (TPSA) is 84.4 Å². The van der Waals surface area contributed by atoms with E-state index >= 15 is 0 Å². The summed E-state index contributed by atoms with van der Waals surface area (Å²) in [5.41, 5.74) is 0. The number of aliphatic hydroxyl groups is 1. The number of piperidine rings is 1. The number of fused-ring (bicyclic) bond motifs is 1. The molecule has 6 nitrogen and oxygen atoms in total. The molecule has 6 unspecified atom stereocenters. The fourth-order valence-corrected chi connectivity index (χ4v) is 3.97. The third-order valence-electron chi connectivity index (χ3n) is 5.07. The van der Waals surface area contributed by atoms with Gasteiger partial charge in [0, 0.05) is 32.0 Å². The van der Waals surface area contributed by atoms with Crippen LogP contribution in [0.15, 0.2) is 0 Å². The Kier molecular flexibility index (Phi) is 6.62. The molecule has 0 radical (unpaired) electrons. The van der Waals surface area contributed by atoms with E-state index in [2.05, 4.69) is 10.6 Å². The van der Waals surface area contributed by atoms with Crippen LogP contribution in [0.2, 0.25) is 0 Å². The second-order valence-corrected chi connectivity index (χ2v) is 6.61. The number of hydrogen-bond acceptors (Lipinski definition) is 5. The van der Waals surface area contributed by atoms with E-state index in [-0.39, 0.29) is 24.0 Å². The van der Waals surface area contributed by atoms with Gasteiger partial charge in [-0.15, -0.1) is 0 Å². The molecule has 0 spiro atoms. The van der Waals surface area contributed by atoms with Crippen LogP contribution < -0.4 is 10.6 Å². The molecule has 0 aromatic carbocycles. The molecule has 1 saturated heterocycles. The van der Waals surface area contributed by atoms with Crippen molar-refractivity contribution in [3.05, 3.63) is 0 Å². The minimum atomic E-state index is -0.422. The van der Waals surface area contributed by atoms with Gasteiger partial charge in [0.25, 0.3) is 0 Å². The fraction of sp³-hybridized carbons (Fsp3) is 0.938. The zero-order valence-corrected chi connectivity index (χ0v) is 14.0. The summed E-state index contributed by atoms with van der Waals surface area (Å²) in [6.07, 6.45) is 3.01. The van der Waals surface area contributed by atoms with Gasteiger partial charge in [-0.25, -0.2) is 0 Å². The van der Waals surface area contributed by atoms with Crippen molar-refractivity contribution < 1.29 is 24.7 Å². The Morgan fingerprint density at radius 3 is 2.86 bits per heavy atom. The van der Waals surface area contributed by atoms with Crippen LogP contribution in [-0.2, 0) is 14.3 Å². The van der Waals surface area contributed by atoms with Crippen molar-refractivity contribution >= 4 is 5.97 Å². The normalized spacial score (nSPS) is 36.5. The van der Waals surface area contributed by atoms with Gasteiger partial charge in [-0.05, 0) is 26.7 Å². The van der Waals surface area contributed by atoms with Crippen LogP contribution in [-0.4, -0.2) is 62.2 Å². The third-order valence-corrected chi connectivity index (χ3v) is 5.07. The molecule has 2 aliphatic rings. The van der Waals surface area contributed by atoms with E-state index in [0.717, 1.165) is 25.8 Å². The van der Waals surface area contributed by atoms with Crippen molar-refractivity contribution in [1.29, 1.82) is 0 Å². The molecular formula is C16H31N2O4+. The minimum absolute atomic E-state index is 0.0570. The lowest BCUT2D eigenvalue weighted by Gasteiger charge is -2.44. The average molecular weight is 315 g/mol. The van der Waals surface area contributed by atoms with E-state index < -0.39 is 6.10 Å².